The molecule has 0 radical (unpaired) electrons. The molecule has 2 heterocycles. The number of carbonyl (C=O) groups excluding carboxylic acids is 3. The van der Waals surface area contributed by atoms with Gasteiger partial charge in [0.15, 0.2) is 5.79 Å². The van der Waals surface area contributed by atoms with Gasteiger partial charge in [-0.15, -0.1) is 0 Å². The third-order valence-electron chi connectivity index (χ3n) is 10.4. The van der Waals surface area contributed by atoms with Gasteiger partial charge >= 0.3 is 11.9 Å². The summed E-state index contributed by atoms with van der Waals surface area (Å²) in [5.41, 5.74) is 3.08. The second kappa shape index (κ2) is 19.4. The van der Waals surface area contributed by atoms with Gasteiger partial charge in [0.1, 0.15) is 37.5 Å². The monoisotopic (exact) mass is 854 g/mol. The Morgan fingerprint density at radius 1 is 0.934 bits per heavy atom. The van der Waals surface area contributed by atoms with Crippen LogP contribution in [0.25, 0.3) is 0 Å². The van der Waals surface area contributed by atoms with Crippen LogP contribution in [0.15, 0.2) is 97.1 Å². The number of ether oxygens (including phenoxy) is 5. The molecule has 6 rings (SSSR count). The SMILES string of the molecule is CC(=O)O[C@@H](CC[C@H]1C(=O)N(c2ccc(CCCNS(C)(=O)=O)cc2)[C@@H]1c1ccc(C#CC2(OC(C)=O)COC(C)(C)OC2)cc1OCc1ccccc1)c1ccc(F)cc1. The maximum atomic E-state index is 14.3. The van der Waals surface area contributed by atoms with Crippen molar-refractivity contribution in [3.63, 3.8) is 0 Å². The van der Waals surface area contributed by atoms with Gasteiger partial charge in [-0.25, -0.2) is 17.5 Å². The standard InChI is InChI=1S/C47H51FN2O10S/c1-32(51)59-42(37-16-18-38(48)19-17-37)24-23-41-44(50(45(41)53)39-20-13-34(14-21-39)12-9-27-49-61(5,54)55)40-22-15-35(28-43(40)56-29-36-10-7-6-8-11-36)25-26-47(60-33(2)52)30-57-46(3,4)58-31-47/h6-8,10-11,13-22,28,41-42,44,49H,9,12,23-24,27,29-31H2,1-5H3/t41-,42+,44-/m1/s1. The summed E-state index contributed by atoms with van der Waals surface area (Å²) in [5.74, 6) is 3.68. The van der Waals surface area contributed by atoms with Crippen LogP contribution >= 0.6 is 0 Å². The summed E-state index contributed by atoms with van der Waals surface area (Å²) in [6.45, 7) is 6.68. The van der Waals surface area contributed by atoms with Crippen LogP contribution < -0.4 is 14.4 Å². The molecule has 0 unspecified atom stereocenters. The third-order valence-corrected chi connectivity index (χ3v) is 11.1. The summed E-state index contributed by atoms with van der Waals surface area (Å²) in [4.78, 5) is 40.4. The van der Waals surface area contributed by atoms with E-state index in [9.17, 15) is 27.2 Å². The minimum absolute atomic E-state index is 0.00540. The van der Waals surface area contributed by atoms with Gasteiger partial charge in [-0.1, -0.05) is 66.6 Å². The number of halogens is 1. The largest absolute Gasteiger partial charge is 0.488 e. The lowest BCUT2D eigenvalue weighted by Gasteiger charge is -2.48. The molecule has 61 heavy (non-hydrogen) atoms. The van der Waals surface area contributed by atoms with Crippen molar-refractivity contribution in [2.75, 3.05) is 30.9 Å². The van der Waals surface area contributed by atoms with Crippen LogP contribution in [0.3, 0.4) is 0 Å². The highest BCUT2D eigenvalue weighted by Gasteiger charge is 2.50. The average Bonchev–Trinajstić information content (AvgIpc) is 3.21. The summed E-state index contributed by atoms with van der Waals surface area (Å²) >= 11 is 0. The fraction of sp³-hybridized carbons (Fsp3) is 0.383. The highest BCUT2D eigenvalue weighted by Crippen LogP contribution is 2.49. The number of nitrogens with one attached hydrogen (secondary N) is 1. The van der Waals surface area contributed by atoms with Crippen molar-refractivity contribution in [3.8, 4) is 17.6 Å². The van der Waals surface area contributed by atoms with Crippen LogP contribution in [-0.2, 0) is 56.4 Å². The zero-order chi connectivity index (χ0) is 43.8. The molecule has 2 aliphatic rings. The molecule has 14 heteroatoms. The summed E-state index contributed by atoms with van der Waals surface area (Å²) < 4.78 is 69.0. The first-order chi connectivity index (χ1) is 29.0. The first-order valence-corrected chi connectivity index (χ1v) is 22.0. The van der Waals surface area contributed by atoms with Crippen LogP contribution in [0, 0.1) is 23.6 Å². The Morgan fingerprint density at radius 3 is 2.26 bits per heavy atom. The number of esters is 2. The number of rotatable bonds is 16. The predicted octanol–water partition coefficient (Wildman–Crippen LogP) is 7.11. The molecule has 2 saturated heterocycles. The fourth-order valence-electron chi connectivity index (χ4n) is 7.35. The Balaban J connectivity index is 1.36. The summed E-state index contributed by atoms with van der Waals surface area (Å²) in [6.07, 6.45) is 2.23. The van der Waals surface area contributed by atoms with Crippen LogP contribution in [-0.4, -0.2) is 63.7 Å². The molecule has 4 aromatic rings. The van der Waals surface area contributed by atoms with Crippen LogP contribution in [0.1, 0.15) is 86.9 Å². The number of benzene rings is 4. The zero-order valence-electron chi connectivity index (χ0n) is 34.9. The Labute approximate surface area is 356 Å². The highest BCUT2D eigenvalue weighted by atomic mass is 32.2. The van der Waals surface area contributed by atoms with E-state index in [1.54, 1.807) is 36.9 Å². The van der Waals surface area contributed by atoms with Crippen molar-refractivity contribution in [2.24, 2.45) is 5.92 Å². The number of aryl methyl sites for hydroxylation is 1. The van der Waals surface area contributed by atoms with Gasteiger partial charge in [-0.05, 0) is 98.5 Å². The lowest BCUT2D eigenvalue weighted by atomic mass is 9.77. The van der Waals surface area contributed by atoms with E-state index in [1.807, 2.05) is 66.7 Å². The van der Waals surface area contributed by atoms with Crippen LogP contribution in [0.2, 0.25) is 0 Å². The van der Waals surface area contributed by atoms with E-state index in [0.29, 0.717) is 53.9 Å². The normalized spacial score (nSPS) is 18.5. The molecule has 0 bridgehead atoms. The van der Waals surface area contributed by atoms with Gasteiger partial charge in [0, 0.05) is 37.2 Å². The number of hydrogen-bond donors (Lipinski definition) is 1. The molecule has 0 aromatic heterocycles. The lowest BCUT2D eigenvalue weighted by Crippen LogP contribution is -2.55. The molecule has 322 valence electrons. The molecule has 4 aromatic carbocycles. The number of carbonyl (C=O) groups is 3. The number of anilines is 1. The second-order valence-electron chi connectivity index (χ2n) is 15.8. The van der Waals surface area contributed by atoms with E-state index in [4.69, 9.17) is 23.7 Å². The molecule has 3 atom stereocenters. The Kier molecular flexibility index (Phi) is 14.3. The Morgan fingerprint density at radius 2 is 1.62 bits per heavy atom. The predicted molar refractivity (Wildman–Crippen MR) is 226 cm³/mol. The minimum Gasteiger partial charge on any atom is -0.488 e. The highest BCUT2D eigenvalue weighted by molar-refractivity contribution is 7.88. The molecule has 0 spiro atoms. The molecular weight excluding hydrogens is 804 g/mol. The van der Waals surface area contributed by atoms with E-state index in [2.05, 4.69) is 16.6 Å². The number of sulfonamides is 1. The molecule has 2 fully saturated rings. The van der Waals surface area contributed by atoms with E-state index in [0.717, 1.165) is 17.4 Å². The van der Waals surface area contributed by atoms with Gasteiger partial charge in [0.05, 0.1) is 18.2 Å². The quantitative estimate of drug-likeness (QED) is 0.0536. The number of hydrogen-bond acceptors (Lipinski definition) is 10. The molecule has 1 amide bonds. The van der Waals surface area contributed by atoms with Gasteiger partial charge in [0.2, 0.25) is 21.5 Å². The topological polar surface area (TPSA) is 147 Å². The summed E-state index contributed by atoms with van der Waals surface area (Å²) in [5, 5.41) is 0. The Hall–Kier alpha value is -5.59. The molecular formula is C47H51FN2O10S. The molecule has 1 N–H and O–H groups in total. The van der Waals surface area contributed by atoms with Crippen LogP contribution in [0.4, 0.5) is 10.1 Å². The maximum Gasteiger partial charge on any atom is 0.304 e. The van der Waals surface area contributed by atoms with Crippen LogP contribution in [0.5, 0.6) is 5.75 Å². The van der Waals surface area contributed by atoms with Crippen molar-refractivity contribution < 1.29 is 50.9 Å². The van der Waals surface area contributed by atoms with Crippen molar-refractivity contribution in [1.82, 2.24) is 4.72 Å². The van der Waals surface area contributed by atoms with E-state index >= 15 is 0 Å². The summed E-state index contributed by atoms with van der Waals surface area (Å²) in [6, 6.07) is 28.0. The van der Waals surface area contributed by atoms with Crippen molar-refractivity contribution >= 4 is 33.6 Å². The Bertz CT molecular complexity index is 2350. The van der Waals surface area contributed by atoms with Gasteiger partial charge in [0.25, 0.3) is 0 Å². The first-order valence-electron chi connectivity index (χ1n) is 20.1. The van der Waals surface area contributed by atoms with Crippen molar-refractivity contribution in [3.05, 3.63) is 131 Å². The first kappa shape index (κ1) is 44.9. The van der Waals surface area contributed by atoms with Gasteiger partial charge in [-0.3, -0.25) is 14.4 Å². The number of amides is 1. The van der Waals surface area contributed by atoms with Gasteiger partial charge in [-0.2, -0.15) is 0 Å². The number of β-lactam (4-membered cyclic amide) rings is 1. The summed E-state index contributed by atoms with van der Waals surface area (Å²) in [7, 11) is -3.30. The lowest BCUT2D eigenvalue weighted by molar-refractivity contribution is -0.291. The maximum absolute atomic E-state index is 14.3. The zero-order valence-corrected chi connectivity index (χ0v) is 35.8. The average molecular weight is 855 g/mol. The fourth-order valence-corrected chi connectivity index (χ4v) is 7.86. The minimum atomic E-state index is -3.30. The molecule has 12 nitrogen and oxygen atoms in total. The smallest absolute Gasteiger partial charge is 0.304 e. The molecule has 2 aliphatic heterocycles. The van der Waals surface area contributed by atoms with E-state index in [-0.39, 0.29) is 32.1 Å². The molecule has 0 aliphatic carbocycles. The molecule has 0 saturated carbocycles. The third kappa shape index (κ3) is 12.3. The second-order valence-corrected chi connectivity index (χ2v) is 17.6. The van der Waals surface area contributed by atoms with E-state index in [1.165, 1.54) is 26.0 Å². The van der Waals surface area contributed by atoms with Crippen molar-refractivity contribution in [2.45, 2.75) is 83.5 Å². The van der Waals surface area contributed by atoms with Crippen molar-refractivity contribution in [1.29, 1.82) is 0 Å². The van der Waals surface area contributed by atoms with E-state index < -0.39 is 57.2 Å². The number of nitrogens with zero attached hydrogens (tertiary/aromatic N) is 1. The van der Waals surface area contributed by atoms with Gasteiger partial charge < -0.3 is 28.6 Å².